The molecule has 0 unspecified atom stereocenters. The van der Waals surface area contributed by atoms with Crippen molar-refractivity contribution in [1.82, 2.24) is 24.0 Å². The zero-order chi connectivity index (χ0) is 14.8. The lowest BCUT2D eigenvalue weighted by Crippen LogP contribution is -2.35. The van der Waals surface area contributed by atoms with Crippen LogP contribution in [0.2, 0.25) is 0 Å². The first kappa shape index (κ1) is 14.9. The van der Waals surface area contributed by atoms with Crippen molar-refractivity contribution >= 4 is 16.1 Å². The Labute approximate surface area is 118 Å². The van der Waals surface area contributed by atoms with Gasteiger partial charge in [-0.2, -0.15) is 8.99 Å². The van der Waals surface area contributed by atoms with E-state index in [4.69, 9.17) is 0 Å². The third kappa shape index (κ3) is 2.68. The van der Waals surface area contributed by atoms with Crippen LogP contribution >= 0.6 is 0 Å². The predicted octanol–water partition coefficient (Wildman–Crippen LogP) is 0.372. The Balaban J connectivity index is 2.22. The molecule has 8 nitrogen and oxygen atoms in total. The molecule has 1 aliphatic heterocycles. The Morgan fingerprint density at radius 1 is 1.30 bits per heavy atom. The third-order valence-corrected chi connectivity index (χ3v) is 5.03. The molecular formula is C11H19N5O3S. The van der Waals surface area contributed by atoms with E-state index in [1.54, 1.807) is 4.90 Å². The normalized spacial score (nSPS) is 16.5. The van der Waals surface area contributed by atoms with E-state index in [-0.39, 0.29) is 11.2 Å². The van der Waals surface area contributed by atoms with Crippen molar-refractivity contribution in [2.24, 2.45) is 0 Å². The van der Waals surface area contributed by atoms with Crippen molar-refractivity contribution in [3.05, 3.63) is 6.33 Å². The van der Waals surface area contributed by atoms with Gasteiger partial charge in [0.25, 0.3) is 15.2 Å². The third-order valence-electron chi connectivity index (χ3n) is 3.34. The van der Waals surface area contributed by atoms with E-state index in [2.05, 4.69) is 10.1 Å². The first-order valence-electron chi connectivity index (χ1n) is 6.71. The number of sulfonamides is 1. The van der Waals surface area contributed by atoms with Crippen LogP contribution in [0.15, 0.2) is 11.5 Å². The highest BCUT2D eigenvalue weighted by molar-refractivity contribution is 7.88. The van der Waals surface area contributed by atoms with Crippen LogP contribution in [-0.2, 0) is 10.0 Å². The fourth-order valence-corrected chi connectivity index (χ4v) is 3.48. The second-order valence-corrected chi connectivity index (χ2v) is 6.37. The fourth-order valence-electron chi connectivity index (χ4n) is 2.14. The molecule has 0 saturated carbocycles. The minimum atomic E-state index is -3.67. The zero-order valence-electron chi connectivity index (χ0n) is 11.7. The maximum Gasteiger partial charge on any atom is 0.346 e. The number of hydrogen-bond acceptors (Lipinski definition) is 5. The van der Waals surface area contributed by atoms with Crippen molar-refractivity contribution in [3.63, 3.8) is 0 Å². The summed E-state index contributed by atoms with van der Waals surface area (Å²) >= 11 is 0. The minimum Gasteiger partial charge on any atom is -0.323 e. The van der Waals surface area contributed by atoms with Gasteiger partial charge in [0.1, 0.15) is 6.33 Å². The zero-order valence-corrected chi connectivity index (χ0v) is 12.5. The van der Waals surface area contributed by atoms with E-state index < -0.39 is 10.0 Å². The summed E-state index contributed by atoms with van der Waals surface area (Å²) in [5.41, 5.74) is 0. The summed E-state index contributed by atoms with van der Waals surface area (Å²) in [4.78, 5) is 17.4. The highest BCUT2D eigenvalue weighted by Gasteiger charge is 2.31. The fraction of sp³-hybridized carbons (Fsp3) is 0.727. The topological polar surface area (TPSA) is 88.4 Å². The second kappa shape index (κ2) is 5.88. The maximum absolute atomic E-state index is 12.2. The molecule has 1 aromatic heterocycles. The van der Waals surface area contributed by atoms with Crippen LogP contribution < -0.4 is 0 Å². The molecule has 1 amide bonds. The van der Waals surface area contributed by atoms with Crippen LogP contribution in [0.3, 0.4) is 0 Å². The maximum atomic E-state index is 12.2. The van der Waals surface area contributed by atoms with E-state index in [9.17, 15) is 13.2 Å². The lowest BCUT2D eigenvalue weighted by molar-refractivity contribution is 0.201. The van der Waals surface area contributed by atoms with Crippen LogP contribution in [0, 0.1) is 0 Å². The molecule has 1 fully saturated rings. The molecule has 0 N–H and O–H groups in total. The standard InChI is InChI=1S/C11H19N5O3S/c1-3-14(4-2)11(17)16-9-12-10(13-16)20(18,19)15-7-5-6-8-15/h9H,3-8H2,1-2H3. The van der Waals surface area contributed by atoms with Crippen LogP contribution in [0.4, 0.5) is 4.79 Å². The molecule has 0 aromatic carbocycles. The number of aromatic nitrogens is 3. The number of carbonyl (C=O) groups excluding carboxylic acids is 1. The minimum absolute atomic E-state index is 0.306. The number of amides is 1. The summed E-state index contributed by atoms with van der Waals surface area (Å²) < 4.78 is 26.8. The van der Waals surface area contributed by atoms with Crippen LogP contribution in [0.1, 0.15) is 26.7 Å². The van der Waals surface area contributed by atoms with Gasteiger partial charge in [-0.3, -0.25) is 0 Å². The molecule has 0 atom stereocenters. The van der Waals surface area contributed by atoms with Gasteiger partial charge in [0.15, 0.2) is 0 Å². The van der Waals surface area contributed by atoms with Gasteiger partial charge in [-0.1, -0.05) is 0 Å². The van der Waals surface area contributed by atoms with Crippen LogP contribution in [0.5, 0.6) is 0 Å². The molecule has 1 aliphatic rings. The molecule has 0 spiro atoms. The molecule has 1 aromatic rings. The molecule has 1 saturated heterocycles. The monoisotopic (exact) mass is 301 g/mol. The molecule has 20 heavy (non-hydrogen) atoms. The number of rotatable bonds is 4. The molecule has 0 radical (unpaired) electrons. The summed E-state index contributed by atoms with van der Waals surface area (Å²) in [7, 11) is -3.67. The van der Waals surface area contributed by atoms with E-state index >= 15 is 0 Å². The number of carbonyl (C=O) groups is 1. The molecule has 112 valence electrons. The van der Waals surface area contributed by atoms with Gasteiger partial charge in [0, 0.05) is 26.2 Å². The van der Waals surface area contributed by atoms with Gasteiger partial charge in [-0.05, 0) is 26.7 Å². The first-order valence-corrected chi connectivity index (χ1v) is 8.15. The van der Waals surface area contributed by atoms with E-state index in [0.29, 0.717) is 26.2 Å². The van der Waals surface area contributed by atoms with E-state index in [1.807, 2.05) is 13.8 Å². The average molecular weight is 301 g/mol. The highest BCUT2D eigenvalue weighted by Crippen LogP contribution is 2.17. The van der Waals surface area contributed by atoms with Crippen molar-refractivity contribution < 1.29 is 13.2 Å². The summed E-state index contributed by atoms with van der Waals surface area (Å²) in [6.45, 7) is 5.73. The Morgan fingerprint density at radius 2 is 1.90 bits per heavy atom. The largest absolute Gasteiger partial charge is 0.346 e. The second-order valence-electron chi connectivity index (χ2n) is 4.54. The highest BCUT2D eigenvalue weighted by atomic mass is 32.2. The number of nitrogens with zero attached hydrogens (tertiary/aromatic N) is 5. The summed E-state index contributed by atoms with van der Waals surface area (Å²) in [5.74, 6) is 0. The van der Waals surface area contributed by atoms with Gasteiger partial charge >= 0.3 is 6.03 Å². The number of hydrogen-bond donors (Lipinski definition) is 0. The Kier molecular flexibility index (Phi) is 4.39. The van der Waals surface area contributed by atoms with Gasteiger partial charge < -0.3 is 4.90 Å². The lowest BCUT2D eigenvalue weighted by Gasteiger charge is -2.17. The van der Waals surface area contributed by atoms with Crippen LogP contribution in [-0.4, -0.2) is 64.6 Å². The van der Waals surface area contributed by atoms with Gasteiger partial charge in [-0.15, -0.1) is 5.10 Å². The van der Waals surface area contributed by atoms with Crippen molar-refractivity contribution in [2.75, 3.05) is 26.2 Å². The predicted molar refractivity (Wildman–Crippen MR) is 71.7 cm³/mol. The Hall–Kier alpha value is -1.48. The van der Waals surface area contributed by atoms with Gasteiger partial charge in [0.2, 0.25) is 0 Å². The van der Waals surface area contributed by atoms with Crippen LogP contribution in [0.25, 0.3) is 0 Å². The Morgan fingerprint density at radius 3 is 2.45 bits per heavy atom. The Bertz CT molecular complexity index is 573. The molecular weight excluding hydrogens is 282 g/mol. The quantitative estimate of drug-likeness (QED) is 0.802. The summed E-state index contributed by atoms with van der Waals surface area (Å²) in [5, 5.41) is 3.52. The van der Waals surface area contributed by atoms with Gasteiger partial charge in [0.05, 0.1) is 0 Å². The van der Waals surface area contributed by atoms with E-state index in [0.717, 1.165) is 23.9 Å². The molecule has 0 bridgehead atoms. The molecule has 2 rings (SSSR count). The molecule has 2 heterocycles. The summed E-state index contributed by atoms with van der Waals surface area (Å²) in [6, 6.07) is -0.370. The smallest absolute Gasteiger partial charge is 0.323 e. The van der Waals surface area contributed by atoms with Crippen molar-refractivity contribution in [1.29, 1.82) is 0 Å². The van der Waals surface area contributed by atoms with Crippen molar-refractivity contribution in [3.8, 4) is 0 Å². The molecule has 0 aliphatic carbocycles. The lowest BCUT2D eigenvalue weighted by atomic mass is 10.4. The first-order chi connectivity index (χ1) is 9.50. The van der Waals surface area contributed by atoms with Gasteiger partial charge in [-0.25, -0.2) is 18.2 Å². The van der Waals surface area contributed by atoms with E-state index in [1.165, 1.54) is 4.31 Å². The van der Waals surface area contributed by atoms with Crippen molar-refractivity contribution in [2.45, 2.75) is 31.8 Å². The average Bonchev–Trinajstić information content (AvgIpc) is 3.12. The molecule has 9 heteroatoms. The summed E-state index contributed by atoms with van der Waals surface area (Å²) in [6.07, 6.45) is 2.85. The SMILES string of the molecule is CCN(CC)C(=O)n1cnc(S(=O)(=O)N2CCCC2)n1.